The highest BCUT2D eigenvalue weighted by Gasteiger charge is 2.08. The first-order valence-electron chi connectivity index (χ1n) is 5.54. The zero-order valence-electron chi connectivity index (χ0n) is 9.90. The van der Waals surface area contributed by atoms with Crippen LogP contribution in [0.3, 0.4) is 0 Å². The van der Waals surface area contributed by atoms with Crippen LogP contribution in [0.5, 0.6) is 5.75 Å². The van der Waals surface area contributed by atoms with E-state index in [-0.39, 0.29) is 0 Å². The predicted octanol–water partition coefficient (Wildman–Crippen LogP) is 3.46. The normalized spacial score (nSPS) is 10.3. The van der Waals surface area contributed by atoms with E-state index in [1.165, 1.54) is 6.20 Å². The van der Waals surface area contributed by atoms with E-state index in [0.717, 1.165) is 23.3 Å². The summed E-state index contributed by atoms with van der Waals surface area (Å²) in [4.78, 5) is 3.66. The molecule has 2 aromatic rings. The molecule has 0 aliphatic rings. The first kappa shape index (κ1) is 11.6. The molecule has 1 aromatic heterocycles. The third-order valence-corrected chi connectivity index (χ3v) is 2.73. The molecule has 0 spiro atoms. The summed E-state index contributed by atoms with van der Waals surface area (Å²) >= 11 is 0. The van der Waals surface area contributed by atoms with Crippen molar-refractivity contribution in [3.63, 3.8) is 0 Å². The van der Waals surface area contributed by atoms with Crippen molar-refractivity contribution in [2.45, 2.75) is 13.3 Å². The Kier molecular flexibility index (Phi) is 3.38. The zero-order chi connectivity index (χ0) is 12.3. The Bertz CT molecular complexity index is 525. The Morgan fingerprint density at radius 3 is 2.76 bits per heavy atom. The number of methoxy groups -OCH3 is 1. The number of hydrogen-bond donors (Lipinski definition) is 0. The summed E-state index contributed by atoms with van der Waals surface area (Å²) in [7, 11) is 1.64. The monoisotopic (exact) mass is 231 g/mol. The molecule has 0 aliphatic carbocycles. The molecule has 0 bridgehead atoms. The van der Waals surface area contributed by atoms with Crippen LogP contribution in [-0.4, -0.2) is 12.1 Å². The van der Waals surface area contributed by atoms with Gasteiger partial charge in [-0.1, -0.05) is 13.0 Å². The Balaban J connectivity index is 2.50. The zero-order valence-corrected chi connectivity index (χ0v) is 9.90. The molecule has 0 N–H and O–H groups in total. The van der Waals surface area contributed by atoms with Gasteiger partial charge in [0.25, 0.3) is 0 Å². The number of halogens is 1. The molecule has 0 aliphatic heterocycles. The fraction of sp³-hybridized carbons (Fsp3) is 0.214. The second-order valence-corrected chi connectivity index (χ2v) is 3.72. The molecule has 2 rings (SSSR count). The minimum Gasteiger partial charge on any atom is -0.496 e. The van der Waals surface area contributed by atoms with Crippen LogP contribution in [0.4, 0.5) is 4.39 Å². The van der Waals surface area contributed by atoms with Gasteiger partial charge in [-0.05, 0) is 41.8 Å². The minimum atomic E-state index is -0.445. The summed E-state index contributed by atoms with van der Waals surface area (Å²) in [5, 5.41) is 0. The Hall–Kier alpha value is -1.90. The minimum absolute atomic E-state index is 0.445. The highest BCUT2D eigenvalue weighted by atomic mass is 19.1. The van der Waals surface area contributed by atoms with Gasteiger partial charge in [-0.25, -0.2) is 4.98 Å². The number of benzene rings is 1. The molecule has 0 unspecified atom stereocenters. The lowest BCUT2D eigenvalue weighted by Gasteiger charge is -2.09. The number of nitrogens with zero attached hydrogens (tertiary/aromatic N) is 1. The molecule has 2 nitrogen and oxygen atoms in total. The third-order valence-electron chi connectivity index (χ3n) is 2.73. The van der Waals surface area contributed by atoms with Crippen molar-refractivity contribution in [3.05, 3.63) is 48.0 Å². The van der Waals surface area contributed by atoms with Crippen LogP contribution in [-0.2, 0) is 6.42 Å². The number of hydrogen-bond acceptors (Lipinski definition) is 2. The summed E-state index contributed by atoms with van der Waals surface area (Å²) in [6, 6.07) is 9.11. The Morgan fingerprint density at radius 1 is 1.29 bits per heavy atom. The maximum atomic E-state index is 13.6. The van der Waals surface area contributed by atoms with Gasteiger partial charge in [0.2, 0.25) is 5.95 Å². The van der Waals surface area contributed by atoms with Crippen LogP contribution in [0, 0.1) is 5.95 Å². The van der Waals surface area contributed by atoms with E-state index in [9.17, 15) is 4.39 Å². The first-order chi connectivity index (χ1) is 8.26. The average Bonchev–Trinajstić information content (AvgIpc) is 2.38. The third kappa shape index (κ3) is 2.28. The number of aromatic nitrogens is 1. The molecule has 0 saturated carbocycles. The second kappa shape index (κ2) is 4.95. The van der Waals surface area contributed by atoms with Crippen LogP contribution in [0.15, 0.2) is 36.5 Å². The van der Waals surface area contributed by atoms with Crippen LogP contribution < -0.4 is 4.74 Å². The predicted molar refractivity (Wildman–Crippen MR) is 65.6 cm³/mol. The molecule has 0 fully saturated rings. The van der Waals surface area contributed by atoms with Gasteiger partial charge in [-0.15, -0.1) is 0 Å². The van der Waals surface area contributed by atoms with Crippen LogP contribution in [0.2, 0.25) is 0 Å². The summed E-state index contributed by atoms with van der Waals surface area (Å²) in [6.45, 7) is 2.04. The van der Waals surface area contributed by atoms with Gasteiger partial charge in [-0.2, -0.15) is 4.39 Å². The lowest BCUT2D eigenvalue weighted by atomic mass is 10.0. The lowest BCUT2D eigenvalue weighted by molar-refractivity contribution is 0.410. The van der Waals surface area contributed by atoms with E-state index in [1.54, 1.807) is 19.2 Å². The first-order valence-corrected chi connectivity index (χ1v) is 5.54. The maximum Gasteiger partial charge on any atom is 0.220 e. The molecule has 0 amide bonds. The maximum absolute atomic E-state index is 13.6. The Morgan fingerprint density at radius 2 is 2.12 bits per heavy atom. The van der Waals surface area contributed by atoms with E-state index in [2.05, 4.69) is 4.98 Å². The van der Waals surface area contributed by atoms with Crippen LogP contribution >= 0.6 is 0 Å². The second-order valence-electron chi connectivity index (χ2n) is 3.72. The van der Waals surface area contributed by atoms with Crippen molar-refractivity contribution in [3.8, 4) is 16.9 Å². The van der Waals surface area contributed by atoms with Crippen molar-refractivity contribution in [1.29, 1.82) is 0 Å². The largest absolute Gasteiger partial charge is 0.496 e. The lowest BCUT2D eigenvalue weighted by Crippen LogP contribution is -1.93. The van der Waals surface area contributed by atoms with Gasteiger partial charge in [0.1, 0.15) is 5.75 Å². The molecule has 3 heteroatoms. The summed E-state index contributed by atoms with van der Waals surface area (Å²) in [5.41, 5.74) is 2.41. The number of rotatable bonds is 3. The SMILES string of the molecule is CCc1cc(-c2cccnc2F)ccc1OC. The smallest absolute Gasteiger partial charge is 0.220 e. The van der Waals surface area contributed by atoms with Crippen LogP contribution in [0.25, 0.3) is 11.1 Å². The fourth-order valence-corrected chi connectivity index (χ4v) is 1.82. The highest BCUT2D eigenvalue weighted by Crippen LogP contribution is 2.27. The molecule has 0 atom stereocenters. The molecule has 17 heavy (non-hydrogen) atoms. The van der Waals surface area contributed by atoms with Gasteiger partial charge in [-0.3, -0.25) is 0 Å². The summed E-state index contributed by atoms with van der Waals surface area (Å²) < 4.78 is 18.8. The van der Waals surface area contributed by atoms with E-state index in [4.69, 9.17) is 4.74 Å². The van der Waals surface area contributed by atoms with Crippen molar-refractivity contribution in [2.75, 3.05) is 7.11 Å². The fourth-order valence-electron chi connectivity index (χ4n) is 1.82. The van der Waals surface area contributed by atoms with Crippen molar-refractivity contribution in [1.82, 2.24) is 4.98 Å². The topological polar surface area (TPSA) is 22.1 Å². The quantitative estimate of drug-likeness (QED) is 0.755. The van der Waals surface area contributed by atoms with Crippen molar-refractivity contribution < 1.29 is 9.13 Å². The number of aryl methyl sites for hydroxylation is 1. The van der Waals surface area contributed by atoms with E-state index in [1.807, 2.05) is 25.1 Å². The van der Waals surface area contributed by atoms with E-state index < -0.39 is 5.95 Å². The van der Waals surface area contributed by atoms with E-state index >= 15 is 0 Å². The van der Waals surface area contributed by atoms with Crippen molar-refractivity contribution in [2.24, 2.45) is 0 Å². The van der Waals surface area contributed by atoms with Gasteiger partial charge in [0, 0.05) is 11.8 Å². The molecule has 0 saturated heterocycles. The average molecular weight is 231 g/mol. The number of ether oxygens (including phenoxy) is 1. The molecule has 1 heterocycles. The molecular weight excluding hydrogens is 217 g/mol. The summed E-state index contributed by atoms with van der Waals surface area (Å²) in [5.74, 6) is 0.389. The van der Waals surface area contributed by atoms with Gasteiger partial charge in [0.05, 0.1) is 7.11 Å². The standard InChI is InChI=1S/C14H14FNO/c1-3-10-9-11(6-7-13(10)17-2)12-5-4-8-16-14(12)15/h4-9H,3H2,1-2H3. The highest BCUT2D eigenvalue weighted by molar-refractivity contribution is 5.65. The molecule has 0 radical (unpaired) electrons. The van der Waals surface area contributed by atoms with Gasteiger partial charge < -0.3 is 4.74 Å². The molecular formula is C14H14FNO. The van der Waals surface area contributed by atoms with E-state index in [0.29, 0.717) is 5.56 Å². The van der Waals surface area contributed by atoms with Crippen LogP contribution in [0.1, 0.15) is 12.5 Å². The van der Waals surface area contributed by atoms with Gasteiger partial charge >= 0.3 is 0 Å². The molecule has 1 aromatic carbocycles. The van der Waals surface area contributed by atoms with Gasteiger partial charge in [0.15, 0.2) is 0 Å². The molecule has 88 valence electrons. The number of pyridine rings is 1. The summed E-state index contributed by atoms with van der Waals surface area (Å²) in [6.07, 6.45) is 2.29. The van der Waals surface area contributed by atoms with Crippen molar-refractivity contribution >= 4 is 0 Å². The Labute approximate surface area is 100 Å².